The molecule has 1 saturated heterocycles. The SMILES string of the molecule is COc1cc2nnsc2cc1Nc1ncnc2sc3c(c12)CCC(C(=O)N1CC(F)(F)C1)C3. The van der Waals surface area contributed by atoms with E-state index in [2.05, 4.69) is 24.9 Å². The van der Waals surface area contributed by atoms with Crippen molar-refractivity contribution in [3.63, 3.8) is 0 Å². The first-order chi connectivity index (χ1) is 15.9. The average molecular weight is 489 g/mol. The van der Waals surface area contributed by atoms with Crippen LogP contribution >= 0.6 is 22.9 Å². The van der Waals surface area contributed by atoms with Gasteiger partial charge in [-0.05, 0) is 42.4 Å². The lowest BCUT2D eigenvalue weighted by Gasteiger charge is -2.41. The summed E-state index contributed by atoms with van der Waals surface area (Å²) in [6.07, 6.45) is 3.35. The number of nitrogens with zero attached hydrogens (tertiary/aromatic N) is 5. The molecule has 2 aliphatic rings. The second-order valence-electron chi connectivity index (χ2n) is 8.31. The second kappa shape index (κ2) is 7.52. The molecule has 0 spiro atoms. The molecule has 4 heterocycles. The Morgan fingerprint density at radius 2 is 2.15 bits per heavy atom. The molecule has 1 amide bonds. The number of amides is 1. The van der Waals surface area contributed by atoms with Crippen molar-refractivity contribution in [2.24, 2.45) is 5.92 Å². The van der Waals surface area contributed by atoms with Crippen LogP contribution in [0.15, 0.2) is 18.5 Å². The summed E-state index contributed by atoms with van der Waals surface area (Å²) >= 11 is 2.84. The number of hydrogen-bond donors (Lipinski definition) is 1. The number of carbonyl (C=O) groups is 1. The van der Waals surface area contributed by atoms with Crippen LogP contribution in [0.4, 0.5) is 20.3 Å². The molecule has 170 valence electrons. The smallest absolute Gasteiger partial charge is 0.282 e. The molecule has 1 fully saturated rings. The summed E-state index contributed by atoms with van der Waals surface area (Å²) < 4.78 is 36.9. The fraction of sp³-hybridized carbons (Fsp3) is 0.381. The molecular weight excluding hydrogens is 470 g/mol. The summed E-state index contributed by atoms with van der Waals surface area (Å²) in [6.45, 7) is -0.939. The van der Waals surface area contributed by atoms with Gasteiger partial charge in [-0.3, -0.25) is 4.79 Å². The summed E-state index contributed by atoms with van der Waals surface area (Å²) in [5.74, 6) is -1.90. The number of aryl methyl sites for hydroxylation is 1. The van der Waals surface area contributed by atoms with Crippen LogP contribution in [0.1, 0.15) is 16.9 Å². The normalized spacial score (nSPS) is 19.4. The van der Waals surface area contributed by atoms with Crippen LogP contribution in [0.5, 0.6) is 5.75 Å². The van der Waals surface area contributed by atoms with Crippen molar-refractivity contribution in [3.05, 3.63) is 28.9 Å². The van der Waals surface area contributed by atoms with Crippen LogP contribution in [-0.2, 0) is 17.6 Å². The third-order valence-corrected chi connectivity index (χ3v) is 8.02. The summed E-state index contributed by atoms with van der Waals surface area (Å²) in [5, 5.41) is 8.41. The minimum atomic E-state index is -2.75. The van der Waals surface area contributed by atoms with E-state index in [4.69, 9.17) is 4.74 Å². The van der Waals surface area contributed by atoms with E-state index in [1.807, 2.05) is 12.1 Å². The summed E-state index contributed by atoms with van der Waals surface area (Å²) in [5.41, 5.74) is 2.63. The molecule has 1 aliphatic carbocycles. The maximum Gasteiger partial charge on any atom is 0.282 e. The number of rotatable bonds is 4. The number of hydrogen-bond acceptors (Lipinski definition) is 9. The number of halogens is 2. The molecule has 12 heteroatoms. The van der Waals surface area contributed by atoms with Gasteiger partial charge in [0, 0.05) is 16.9 Å². The standard InChI is InChI=1S/C21H18F2N6O2S2/c1-31-14-5-13-16(33-28-27-13)6-12(14)26-18-17-11-3-2-10(20(30)29-7-21(22,23)8-29)4-15(11)32-19(17)25-9-24-18/h5-6,9-10H,2-4,7-8H2,1H3,(H,24,25,26). The number of ether oxygens (including phenoxy) is 1. The van der Waals surface area contributed by atoms with Crippen molar-refractivity contribution in [3.8, 4) is 5.75 Å². The Morgan fingerprint density at radius 3 is 2.94 bits per heavy atom. The van der Waals surface area contributed by atoms with Crippen LogP contribution < -0.4 is 10.1 Å². The monoisotopic (exact) mass is 488 g/mol. The summed E-state index contributed by atoms with van der Waals surface area (Å²) in [4.78, 5) is 24.8. The van der Waals surface area contributed by atoms with Crippen LogP contribution in [0.25, 0.3) is 20.4 Å². The number of benzene rings is 1. The Labute approximate surface area is 194 Å². The van der Waals surface area contributed by atoms with E-state index >= 15 is 0 Å². The molecule has 3 aromatic heterocycles. The number of alkyl halides is 2. The Hall–Kier alpha value is -2.99. The molecule has 0 saturated carbocycles. The van der Waals surface area contributed by atoms with E-state index in [0.29, 0.717) is 30.8 Å². The molecular formula is C21H18F2N6O2S2. The first kappa shape index (κ1) is 20.6. The highest BCUT2D eigenvalue weighted by molar-refractivity contribution is 7.19. The van der Waals surface area contributed by atoms with E-state index in [1.54, 1.807) is 7.11 Å². The van der Waals surface area contributed by atoms with Crippen molar-refractivity contribution >= 4 is 60.7 Å². The Balaban J connectivity index is 1.32. The minimum absolute atomic E-state index is 0.176. The van der Waals surface area contributed by atoms with Gasteiger partial charge in [-0.1, -0.05) is 4.49 Å². The molecule has 6 rings (SSSR count). The first-order valence-corrected chi connectivity index (χ1v) is 12.0. The maximum absolute atomic E-state index is 13.2. The van der Waals surface area contributed by atoms with E-state index < -0.39 is 19.0 Å². The zero-order valence-corrected chi connectivity index (χ0v) is 19.1. The number of nitrogens with one attached hydrogen (secondary N) is 1. The molecule has 1 unspecified atom stereocenters. The summed E-state index contributed by atoms with van der Waals surface area (Å²) in [7, 11) is 1.60. The topological polar surface area (TPSA) is 93.1 Å². The molecule has 8 nitrogen and oxygen atoms in total. The van der Waals surface area contributed by atoms with Gasteiger partial charge in [-0.2, -0.15) is 0 Å². The summed E-state index contributed by atoms with van der Waals surface area (Å²) in [6, 6.07) is 3.77. The molecule has 0 bridgehead atoms. The van der Waals surface area contributed by atoms with Gasteiger partial charge in [0.25, 0.3) is 5.92 Å². The van der Waals surface area contributed by atoms with E-state index in [1.165, 1.54) is 34.1 Å². The van der Waals surface area contributed by atoms with Crippen molar-refractivity contribution in [2.45, 2.75) is 25.2 Å². The van der Waals surface area contributed by atoms with E-state index in [-0.39, 0.29) is 11.8 Å². The van der Waals surface area contributed by atoms with Gasteiger partial charge in [-0.15, -0.1) is 16.4 Å². The number of methoxy groups -OCH3 is 1. The molecule has 1 aromatic carbocycles. The second-order valence-corrected chi connectivity index (χ2v) is 10.2. The van der Waals surface area contributed by atoms with Crippen molar-refractivity contribution in [2.75, 3.05) is 25.5 Å². The van der Waals surface area contributed by atoms with Crippen LogP contribution in [0.3, 0.4) is 0 Å². The minimum Gasteiger partial charge on any atom is -0.494 e. The van der Waals surface area contributed by atoms with Crippen molar-refractivity contribution < 1.29 is 18.3 Å². The van der Waals surface area contributed by atoms with Gasteiger partial charge in [0.05, 0.1) is 36.0 Å². The van der Waals surface area contributed by atoms with Gasteiger partial charge in [0.2, 0.25) is 5.91 Å². The van der Waals surface area contributed by atoms with E-state index in [9.17, 15) is 13.6 Å². The van der Waals surface area contributed by atoms with Crippen molar-refractivity contribution in [1.29, 1.82) is 0 Å². The van der Waals surface area contributed by atoms with Crippen LogP contribution in [0.2, 0.25) is 0 Å². The lowest BCUT2D eigenvalue weighted by molar-refractivity contribution is -0.169. The maximum atomic E-state index is 13.2. The third kappa shape index (κ3) is 3.48. The highest BCUT2D eigenvalue weighted by Crippen LogP contribution is 2.42. The van der Waals surface area contributed by atoms with Gasteiger partial charge >= 0.3 is 0 Å². The number of fused-ring (bicyclic) bond motifs is 4. The number of thiophene rings is 1. The molecule has 1 atom stereocenters. The molecule has 33 heavy (non-hydrogen) atoms. The lowest BCUT2D eigenvalue weighted by atomic mass is 9.86. The number of aromatic nitrogens is 4. The van der Waals surface area contributed by atoms with Crippen LogP contribution in [0, 0.1) is 5.92 Å². The number of likely N-dealkylation sites (tertiary alicyclic amines) is 1. The third-order valence-electron chi connectivity index (χ3n) is 6.17. The predicted octanol–water partition coefficient (Wildman–Crippen LogP) is 4.03. The quantitative estimate of drug-likeness (QED) is 0.464. The van der Waals surface area contributed by atoms with E-state index in [0.717, 1.165) is 36.6 Å². The molecule has 4 aromatic rings. The molecule has 0 radical (unpaired) electrons. The van der Waals surface area contributed by atoms with Gasteiger partial charge < -0.3 is 15.0 Å². The highest BCUT2D eigenvalue weighted by Gasteiger charge is 2.48. The van der Waals surface area contributed by atoms with Gasteiger partial charge in [0.1, 0.15) is 28.2 Å². The van der Waals surface area contributed by atoms with Crippen molar-refractivity contribution in [1.82, 2.24) is 24.5 Å². The zero-order chi connectivity index (χ0) is 22.7. The van der Waals surface area contributed by atoms with Crippen LogP contribution in [-0.4, -0.2) is 56.5 Å². The Bertz CT molecular complexity index is 1400. The number of carbonyl (C=O) groups excluding carboxylic acids is 1. The fourth-order valence-electron chi connectivity index (χ4n) is 4.54. The number of anilines is 2. The lowest BCUT2D eigenvalue weighted by Crippen LogP contribution is -2.60. The molecule has 1 aliphatic heterocycles. The largest absolute Gasteiger partial charge is 0.494 e. The van der Waals surface area contributed by atoms with Gasteiger partial charge in [0.15, 0.2) is 0 Å². The van der Waals surface area contributed by atoms with Gasteiger partial charge in [-0.25, -0.2) is 18.7 Å². The molecule has 1 N–H and O–H groups in total. The fourth-order valence-corrected chi connectivity index (χ4v) is 6.39. The predicted molar refractivity (Wildman–Crippen MR) is 122 cm³/mol. The average Bonchev–Trinajstić information content (AvgIpc) is 3.39. The first-order valence-electron chi connectivity index (χ1n) is 10.4. The Kier molecular flexibility index (Phi) is 4.70. The zero-order valence-electron chi connectivity index (χ0n) is 17.5. The highest BCUT2D eigenvalue weighted by atomic mass is 32.1. The Morgan fingerprint density at radius 1 is 1.30 bits per heavy atom.